The summed E-state index contributed by atoms with van der Waals surface area (Å²) in [6.07, 6.45) is 0. The van der Waals surface area contributed by atoms with Crippen LogP contribution in [0.2, 0.25) is 0 Å². The molecule has 0 heterocycles. The Bertz CT molecular complexity index is 409. The molecule has 1 aromatic rings. The first-order valence-corrected chi connectivity index (χ1v) is 6.76. The monoisotopic (exact) mass is 283 g/mol. The molecule has 1 atom stereocenters. The normalized spacial score (nSPS) is 12.1. The van der Waals surface area contributed by atoms with Crippen LogP contribution < -0.4 is 19.5 Å². The van der Waals surface area contributed by atoms with E-state index >= 15 is 0 Å². The summed E-state index contributed by atoms with van der Waals surface area (Å²) >= 11 is 0. The Hall–Kier alpha value is -1.46. The molecule has 0 radical (unpaired) electrons. The van der Waals surface area contributed by atoms with Crippen LogP contribution in [0.5, 0.6) is 17.2 Å². The first kappa shape index (κ1) is 16.6. The van der Waals surface area contributed by atoms with E-state index in [1.807, 2.05) is 19.1 Å². The van der Waals surface area contributed by atoms with E-state index in [2.05, 4.69) is 12.2 Å². The highest BCUT2D eigenvalue weighted by Crippen LogP contribution is 2.34. The van der Waals surface area contributed by atoms with E-state index in [-0.39, 0.29) is 6.04 Å². The average Bonchev–Trinajstić information content (AvgIpc) is 2.49. The van der Waals surface area contributed by atoms with Crippen molar-refractivity contribution in [3.8, 4) is 17.2 Å². The second kappa shape index (κ2) is 8.66. The summed E-state index contributed by atoms with van der Waals surface area (Å²) in [6.45, 7) is 6.17. The van der Waals surface area contributed by atoms with Gasteiger partial charge in [0, 0.05) is 30.8 Å². The molecule has 0 aliphatic carbocycles. The Balaban J connectivity index is 2.77. The molecule has 0 fully saturated rings. The molecule has 0 aromatic heterocycles. The molecule has 0 saturated heterocycles. The van der Waals surface area contributed by atoms with E-state index in [1.54, 1.807) is 21.3 Å². The van der Waals surface area contributed by atoms with Crippen LogP contribution in [0.3, 0.4) is 0 Å². The highest BCUT2D eigenvalue weighted by Gasteiger charge is 2.12. The molecular weight excluding hydrogens is 258 g/mol. The van der Waals surface area contributed by atoms with Crippen LogP contribution in [0.25, 0.3) is 0 Å². The molecule has 0 saturated carbocycles. The van der Waals surface area contributed by atoms with Crippen LogP contribution in [0, 0.1) is 0 Å². The third-order valence-corrected chi connectivity index (χ3v) is 3.00. The lowest BCUT2D eigenvalue weighted by Crippen LogP contribution is -2.30. The first-order chi connectivity index (χ1) is 9.65. The van der Waals surface area contributed by atoms with Crippen molar-refractivity contribution in [2.24, 2.45) is 0 Å². The first-order valence-electron chi connectivity index (χ1n) is 6.76. The largest absolute Gasteiger partial charge is 0.496 e. The highest BCUT2D eigenvalue weighted by molar-refractivity contribution is 5.50. The molecule has 5 nitrogen and oxygen atoms in total. The van der Waals surface area contributed by atoms with Crippen LogP contribution in [0.4, 0.5) is 0 Å². The number of methoxy groups -OCH3 is 3. The van der Waals surface area contributed by atoms with Gasteiger partial charge in [0.15, 0.2) is 11.5 Å². The summed E-state index contributed by atoms with van der Waals surface area (Å²) in [5.74, 6) is 2.14. The van der Waals surface area contributed by atoms with Gasteiger partial charge in [-0.15, -0.1) is 0 Å². The van der Waals surface area contributed by atoms with Gasteiger partial charge in [-0.1, -0.05) is 0 Å². The molecule has 0 spiro atoms. The predicted molar refractivity (Wildman–Crippen MR) is 78.9 cm³/mol. The van der Waals surface area contributed by atoms with Crippen molar-refractivity contribution in [1.29, 1.82) is 0 Å². The lowest BCUT2D eigenvalue weighted by molar-refractivity contribution is 0.127. The van der Waals surface area contributed by atoms with Crippen molar-refractivity contribution in [2.45, 2.75) is 26.4 Å². The summed E-state index contributed by atoms with van der Waals surface area (Å²) in [5.41, 5.74) is 1.02. The fraction of sp³-hybridized carbons (Fsp3) is 0.600. The molecule has 0 aliphatic heterocycles. The Kier molecular flexibility index (Phi) is 7.18. The van der Waals surface area contributed by atoms with Crippen LogP contribution in [0.1, 0.15) is 19.4 Å². The van der Waals surface area contributed by atoms with E-state index in [1.165, 1.54) is 0 Å². The van der Waals surface area contributed by atoms with E-state index in [0.29, 0.717) is 24.7 Å². The number of ether oxygens (including phenoxy) is 4. The standard InChI is InChI=1S/C15H25NO4/c1-6-20-10-11(2)16-9-12-7-14(18-4)15(19-5)8-13(12)17-3/h7-8,11,16H,6,9-10H2,1-5H3. The molecular formula is C15H25NO4. The van der Waals surface area contributed by atoms with Crippen LogP contribution >= 0.6 is 0 Å². The van der Waals surface area contributed by atoms with Crippen molar-refractivity contribution in [2.75, 3.05) is 34.5 Å². The maximum Gasteiger partial charge on any atom is 0.164 e. The fourth-order valence-corrected chi connectivity index (χ4v) is 1.87. The molecule has 20 heavy (non-hydrogen) atoms. The minimum atomic E-state index is 0.271. The summed E-state index contributed by atoms with van der Waals surface area (Å²) < 4.78 is 21.4. The minimum Gasteiger partial charge on any atom is -0.496 e. The predicted octanol–water partition coefficient (Wildman–Crippen LogP) is 2.23. The topological polar surface area (TPSA) is 49.0 Å². The van der Waals surface area contributed by atoms with Crippen molar-refractivity contribution in [1.82, 2.24) is 5.32 Å². The van der Waals surface area contributed by atoms with Crippen molar-refractivity contribution >= 4 is 0 Å². The van der Waals surface area contributed by atoms with Crippen LogP contribution in [-0.4, -0.2) is 40.6 Å². The Morgan fingerprint density at radius 2 is 1.60 bits per heavy atom. The van der Waals surface area contributed by atoms with Crippen LogP contribution in [-0.2, 0) is 11.3 Å². The zero-order valence-electron chi connectivity index (χ0n) is 13.0. The Morgan fingerprint density at radius 3 is 2.15 bits per heavy atom. The van der Waals surface area contributed by atoms with Gasteiger partial charge in [-0.05, 0) is 19.9 Å². The van der Waals surface area contributed by atoms with Crippen molar-refractivity contribution in [3.05, 3.63) is 17.7 Å². The third-order valence-electron chi connectivity index (χ3n) is 3.00. The van der Waals surface area contributed by atoms with Gasteiger partial charge < -0.3 is 24.3 Å². The summed E-state index contributed by atoms with van der Waals surface area (Å²) in [5, 5.41) is 3.40. The maximum atomic E-state index is 5.39. The Morgan fingerprint density at radius 1 is 1.00 bits per heavy atom. The van der Waals surface area contributed by atoms with Gasteiger partial charge in [0.1, 0.15) is 5.75 Å². The SMILES string of the molecule is CCOCC(C)NCc1cc(OC)c(OC)cc1OC. The van der Waals surface area contributed by atoms with E-state index in [9.17, 15) is 0 Å². The van der Waals surface area contributed by atoms with Crippen LogP contribution in [0.15, 0.2) is 12.1 Å². The molecule has 0 amide bonds. The Labute approximate surface area is 121 Å². The minimum absolute atomic E-state index is 0.271. The van der Waals surface area contributed by atoms with E-state index in [4.69, 9.17) is 18.9 Å². The lowest BCUT2D eigenvalue weighted by atomic mass is 10.1. The molecule has 1 unspecified atom stereocenters. The molecule has 1 N–H and O–H groups in total. The lowest BCUT2D eigenvalue weighted by Gasteiger charge is -2.17. The van der Waals surface area contributed by atoms with Gasteiger partial charge >= 0.3 is 0 Å². The van der Waals surface area contributed by atoms with Gasteiger partial charge in [0.05, 0.1) is 27.9 Å². The van der Waals surface area contributed by atoms with Gasteiger partial charge in [0.25, 0.3) is 0 Å². The fourth-order valence-electron chi connectivity index (χ4n) is 1.87. The summed E-state index contributed by atoms with van der Waals surface area (Å²) in [4.78, 5) is 0. The quantitative estimate of drug-likeness (QED) is 0.753. The number of hydrogen-bond donors (Lipinski definition) is 1. The second-order valence-electron chi connectivity index (χ2n) is 4.46. The zero-order chi connectivity index (χ0) is 15.0. The number of nitrogens with one attached hydrogen (secondary N) is 1. The molecule has 1 aromatic carbocycles. The maximum absolute atomic E-state index is 5.39. The van der Waals surface area contributed by atoms with Gasteiger partial charge in [0.2, 0.25) is 0 Å². The van der Waals surface area contributed by atoms with Crippen molar-refractivity contribution in [3.63, 3.8) is 0 Å². The number of hydrogen-bond acceptors (Lipinski definition) is 5. The van der Waals surface area contributed by atoms with Gasteiger partial charge in [-0.2, -0.15) is 0 Å². The molecule has 0 bridgehead atoms. The average molecular weight is 283 g/mol. The summed E-state index contributed by atoms with van der Waals surface area (Å²) in [6, 6.07) is 4.04. The zero-order valence-corrected chi connectivity index (χ0v) is 13.0. The van der Waals surface area contributed by atoms with Crippen molar-refractivity contribution < 1.29 is 18.9 Å². The molecule has 0 aliphatic rings. The van der Waals surface area contributed by atoms with E-state index < -0.39 is 0 Å². The number of rotatable bonds is 9. The van der Waals surface area contributed by atoms with Gasteiger partial charge in [-0.3, -0.25) is 0 Å². The third kappa shape index (κ3) is 4.58. The van der Waals surface area contributed by atoms with E-state index in [0.717, 1.165) is 17.9 Å². The number of benzene rings is 1. The highest BCUT2D eigenvalue weighted by atomic mass is 16.5. The molecule has 1 rings (SSSR count). The van der Waals surface area contributed by atoms with Gasteiger partial charge in [-0.25, -0.2) is 0 Å². The summed E-state index contributed by atoms with van der Waals surface area (Å²) in [7, 11) is 4.88. The molecule has 114 valence electrons. The second-order valence-corrected chi connectivity index (χ2v) is 4.46. The smallest absolute Gasteiger partial charge is 0.164 e. The molecule has 5 heteroatoms.